The normalized spacial score (nSPS) is 25.2. The van der Waals surface area contributed by atoms with E-state index in [2.05, 4.69) is 0 Å². The minimum Gasteiger partial charge on any atom is -0.273 e. The van der Waals surface area contributed by atoms with Crippen LogP contribution < -0.4 is 5.84 Å². The summed E-state index contributed by atoms with van der Waals surface area (Å²) >= 11 is 0. The van der Waals surface area contributed by atoms with Crippen molar-refractivity contribution < 1.29 is 13.6 Å². The molecule has 0 saturated carbocycles. The first-order chi connectivity index (χ1) is 5.49. The minimum atomic E-state index is -2.85. The number of nitrogens with two attached hydrogens (primary N) is 1. The van der Waals surface area contributed by atoms with E-state index in [0.717, 1.165) is 0 Å². The Balaban J connectivity index is 2.71. The van der Waals surface area contributed by atoms with Gasteiger partial charge >= 0.3 is 0 Å². The zero-order chi connectivity index (χ0) is 9.35. The van der Waals surface area contributed by atoms with Crippen LogP contribution in [0.25, 0.3) is 0 Å². The monoisotopic (exact) mass is 178 g/mol. The van der Waals surface area contributed by atoms with Crippen molar-refractivity contribution >= 4 is 5.91 Å². The molecule has 0 radical (unpaired) electrons. The lowest BCUT2D eigenvalue weighted by Gasteiger charge is -2.26. The van der Waals surface area contributed by atoms with Crippen LogP contribution in [0, 0.1) is 0 Å². The van der Waals surface area contributed by atoms with Gasteiger partial charge in [-0.1, -0.05) is 6.92 Å². The van der Waals surface area contributed by atoms with Crippen LogP contribution in [-0.4, -0.2) is 22.9 Å². The smallest absolute Gasteiger partial charge is 0.269 e. The van der Waals surface area contributed by atoms with Crippen LogP contribution in [0.15, 0.2) is 0 Å². The maximum atomic E-state index is 13.0. The standard InChI is InChI=1S/C7H12F2N2O/c1-2-7(8,9)5-3-4-6(12)11(5)10/h5H,2-4,10H2,1H3. The van der Waals surface area contributed by atoms with Gasteiger partial charge in [-0.25, -0.2) is 14.6 Å². The number of carbonyl (C=O) groups excluding carboxylic acids is 1. The summed E-state index contributed by atoms with van der Waals surface area (Å²) in [5, 5.41) is 0.670. The molecular formula is C7H12F2N2O. The fourth-order valence-electron chi connectivity index (χ4n) is 1.35. The van der Waals surface area contributed by atoms with Gasteiger partial charge in [-0.3, -0.25) is 9.80 Å². The molecule has 1 aliphatic rings. The molecule has 70 valence electrons. The van der Waals surface area contributed by atoms with E-state index in [1.165, 1.54) is 6.92 Å². The Kier molecular flexibility index (Phi) is 2.32. The van der Waals surface area contributed by atoms with Gasteiger partial charge in [0.05, 0.1) is 0 Å². The van der Waals surface area contributed by atoms with E-state index in [1.807, 2.05) is 0 Å². The largest absolute Gasteiger partial charge is 0.273 e. The summed E-state index contributed by atoms with van der Waals surface area (Å²) in [5.41, 5.74) is 0. The third-order valence-electron chi connectivity index (χ3n) is 2.21. The maximum absolute atomic E-state index is 13.0. The van der Waals surface area contributed by atoms with Crippen molar-refractivity contribution in [2.45, 2.75) is 38.2 Å². The van der Waals surface area contributed by atoms with Crippen molar-refractivity contribution in [2.24, 2.45) is 5.84 Å². The van der Waals surface area contributed by atoms with Gasteiger partial charge in [0.15, 0.2) is 0 Å². The molecule has 1 saturated heterocycles. The van der Waals surface area contributed by atoms with Gasteiger partial charge < -0.3 is 0 Å². The van der Waals surface area contributed by atoms with Gasteiger partial charge in [0.25, 0.3) is 5.92 Å². The predicted molar refractivity (Wildman–Crippen MR) is 39.3 cm³/mol. The van der Waals surface area contributed by atoms with Gasteiger partial charge in [-0.2, -0.15) is 0 Å². The molecule has 3 nitrogen and oxygen atoms in total. The molecule has 1 aliphatic heterocycles. The molecule has 12 heavy (non-hydrogen) atoms. The number of rotatable bonds is 2. The number of carbonyl (C=O) groups is 1. The first-order valence-electron chi connectivity index (χ1n) is 3.93. The highest BCUT2D eigenvalue weighted by molar-refractivity contribution is 5.78. The summed E-state index contributed by atoms with van der Waals surface area (Å²) in [6.45, 7) is 1.39. The average Bonchev–Trinajstić information content (AvgIpc) is 2.33. The summed E-state index contributed by atoms with van der Waals surface area (Å²) < 4.78 is 26.0. The highest BCUT2D eigenvalue weighted by atomic mass is 19.3. The Morgan fingerprint density at radius 3 is 2.67 bits per heavy atom. The van der Waals surface area contributed by atoms with Gasteiger partial charge in [0, 0.05) is 12.8 Å². The van der Waals surface area contributed by atoms with Gasteiger partial charge in [0.1, 0.15) is 6.04 Å². The highest BCUT2D eigenvalue weighted by Gasteiger charge is 2.46. The summed E-state index contributed by atoms with van der Waals surface area (Å²) in [7, 11) is 0. The molecule has 1 fully saturated rings. The molecule has 0 spiro atoms. The number of hydrazine groups is 1. The Bertz CT molecular complexity index is 196. The highest BCUT2D eigenvalue weighted by Crippen LogP contribution is 2.32. The molecule has 0 aromatic heterocycles. The molecule has 1 amide bonds. The Morgan fingerprint density at radius 1 is 1.75 bits per heavy atom. The van der Waals surface area contributed by atoms with Crippen LogP contribution in [-0.2, 0) is 4.79 Å². The molecule has 0 bridgehead atoms. The van der Waals surface area contributed by atoms with Crippen molar-refractivity contribution in [2.75, 3.05) is 0 Å². The Hall–Kier alpha value is -0.710. The summed E-state index contributed by atoms with van der Waals surface area (Å²) in [6, 6.07) is -1.10. The second-order valence-corrected chi connectivity index (χ2v) is 2.97. The topological polar surface area (TPSA) is 46.3 Å². The average molecular weight is 178 g/mol. The minimum absolute atomic E-state index is 0.136. The van der Waals surface area contributed by atoms with E-state index < -0.39 is 17.9 Å². The first-order valence-corrected chi connectivity index (χ1v) is 3.93. The quantitative estimate of drug-likeness (QED) is 0.504. The van der Waals surface area contributed by atoms with Crippen molar-refractivity contribution in [3.63, 3.8) is 0 Å². The van der Waals surface area contributed by atoms with Gasteiger partial charge in [-0.15, -0.1) is 0 Å². The molecule has 1 atom stereocenters. The van der Waals surface area contributed by atoms with Crippen molar-refractivity contribution in [1.82, 2.24) is 5.01 Å². The van der Waals surface area contributed by atoms with Crippen LogP contribution in [0.3, 0.4) is 0 Å². The number of alkyl halides is 2. The zero-order valence-corrected chi connectivity index (χ0v) is 6.89. The lowest BCUT2D eigenvalue weighted by Crippen LogP contribution is -2.48. The number of nitrogens with zero attached hydrogens (tertiary/aromatic N) is 1. The fraction of sp³-hybridized carbons (Fsp3) is 0.857. The molecular weight excluding hydrogens is 166 g/mol. The third-order valence-corrected chi connectivity index (χ3v) is 2.21. The number of halogens is 2. The van der Waals surface area contributed by atoms with E-state index in [9.17, 15) is 13.6 Å². The molecule has 0 aromatic rings. The predicted octanol–water partition coefficient (Wildman–Crippen LogP) is 0.896. The lowest BCUT2D eigenvalue weighted by molar-refractivity contribution is -0.137. The second kappa shape index (κ2) is 2.97. The maximum Gasteiger partial charge on any atom is 0.269 e. The summed E-state index contributed by atoms with van der Waals surface area (Å²) in [6.07, 6.45) is 0.0194. The van der Waals surface area contributed by atoms with E-state index in [0.29, 0.717) is 5.01 Å². The summed E-state index contributed by atoms with van der Waals surface area (Å²) in [5.74, 6) is 1.95. The molecule has 2 N–H and O–H groups in total. The van der Waals surface area contributed by atoms with E-state index >= 15 is 0 Å². The Labute approximate surface area is 69.5 Å². The second-order valence-electron chi connectivity index (χ2n) is 2.97. The van der Waals surface area contributed by atoms with Crippen LogP contribution in [0.2, 0.25) is 0 Å². The number of hydrogen-bond donors (Lipinski definition) is 1. The molecule has 0 aliphatic carbocycles. The van der Waals surface area contributed by atoms with E-state index in [-0.39, 0.29) is 19.3 Å². The van der Waals surface area contributed by atoms with Crippen molar-refractivity contribution in [1.29, 1.82) is 0 Å². The van der Waals surface area contributed by atoms with Gasteiger partial charge in [-0.05, 0) is 6.42 Å². The first kappa shape index (κ1) is 9.38. The molecule has 1 rings (SSSR count). The van der Waals surface area contributed by atoms with Crippen LogP contribution >= 0.6 is 0 Å². The number of hydrogen-bond acceptors (Lipinski definition) is 2. The van der Waals surface area contributed by atoms with Crippen LogP contribution in [0.5, 0.6) is 0 Å². The summed E-state index contributed by atoms with van der Waals surface area (Å²) in [4.78, 5) is 10.8. The molecule has 1 unspecified atom stereocenters. The van der Waals surface area contributed by atoms with Crippen LogP contribution in [0.4, 0.5) is 8.78 Å². The zero-order valence-electron chi connectivity index (χ0n) is 6.89. The van der Waals surface area contributed by atoms with E-state index in [4.69, 9.17) is 5.84 Å². The van der Waals surface area contributed by atoms with Crippen molar-refractivity contribution in [3.05, 3.63) is 0 Å². The molecule has 5 heteroatoms. The molecule has 1 heterocycles. The SMILES string of the molecule is CCC(F)(F)C1CCC(=O)N1N. The van der Waals surface area contributed by atoms with Crippen molar-refractivity contribution in [3.8, 4) is 0 Å². The lowest BCUT2D eigenvalue weighted by atomic mass is 10.1. The Morgan fingerprint density at radius 2 is 2.33 bits per heavy atom. The van der Waals surface area contributed by atoms with E-state index in [1.54, 1.807) is 0 Å². The third kappa shape index (κ3) is 1.41. The molecule has 0 aromatic carbocycles. The number of amides is 1. The fourth-order valence-corrected chi connectivity index (χ4v) is 1.35. The van der Waals surface area contributed by atoms with Gasteiger partial charge in [0.2, 0.25) is 5.91 Å². The van der Waals surface area contributed by atoms with Crippen LogP contribution in [0.1, 0.15) is 26.2 Å².